The van der Waals surface area contributed by atoms with E-state index in [9.17, 15) is 4.79 Å². The van der Waals surface area contributed by atoms with E-state index >= 15 is 0 Å². The number of carbonyl (C=O) groups is 1. The lowest BCUT2D eigenvalue weighted by atomic mass is 10.0. The summed E-state index contributed by atoms with van der Waals surface area (Å²) in [5.74, 6) is 0.920. The minimum Gasteiger partial charge on any atom is -0.368 e. The molecule has 1 unspecified atom stereocenters. The lowest BCUT2D eigenvalue weighted by molar-refractivity contribution is -0.119. The van der Waals surface area contributed by atoms with Crippen molar-refractivity contribution in [1.82, 2.24) is 15.0 Å². The number of piperidine rings is 1. The number of rotatable bonds is 3. The number of anilines is 3. The minimum absolute atomic E-state index is 0.190. The van der Waals surface area contributed by atoms with Gasteiger partial charge in [0, 0.05) is 19.6 Å². The van der Waals surface area contributed by atoms with Crippen LogP contribution in [0.5, 0.6) is 0 Å². The van der Waals surface area contributed by atoms with Gasteiger partial charge in [0.05, 0.1) is 0 Å². The maximum absolute atomic E-state index is 11.6. The zero-order chi connectivity index (χ0) is 14.8. The average Bonchev–Trinajstić information content (AvgIpc) is 3.01. The highest BCUT2D eigenvalue weighted by molar-refractivity contribution is 5.83. The number of carbonyl (C=O) groups excluding carboxylic acids is 1. The van der Waals surface area contributed by atoms with Crippen molar-refractivity contribution in [3.63, 3.8) is 0 Å². The standard InChI is InChI=1S/C13H21N7O/c14-10(21)9-5-1-2-8-20(9)13-17-11(15)16-12(18-13)19-6-3-4-7-19/h9H,1-8H2,(H2,14,21)(H2,15,16,17,18). The summed E-state index contributed by atoms with van der Waals surface area (Å²) in [6.07, 6.45) is 4.99. The van der Waals surface area contributed by atoms with Crippen molar-refractivity contribution >= 4 is 23.8 Å². The van der Waals surface area contributed by atoms with Gasteiger partial charge >= 0.3 is 0 Å². The molecule has 1 atom stereocenters. The van der Waals surface area contributed by atoms with Crippen molar-refractivity contribution in [2.45, 2.75) is 38.1 Å². The van der Waals surface area contributed by atoms with E-state index in [1.165, 1.54) is 0 Å². The lowest BCUT2D eigenvalue weighted by Crippen LogP contribution is -2.48. The highest BCUT2D eigenvalue weighted by Gasteiger charge is 2.30. The molecule has 0 saturated carbocycles. The normalized spacial score (nSPS) is 22.6. The molecule has 0 radical (unpaired) electrons. The third-order valence-electron chi connectivity index (χ3n) is 4.11. The number of nitrogen functional groups attached to an aromatic ring is 1. The van der Waals surface area contributed by atoms with Crippen LogP contribution < -0.4 is 21.3 Å². The molecule has 3 rings (SSSR count). The van der Waals surface area contributed by atoms with Crippen LogP contribution in [0.3, 0.4) is 0 Å². The van der Waals surface area contributed by atoms with Crippen molar-refractivity contribution in [3.8, 4) is 0 Å². The van der Waals surface area contributed by atoms with E-state index in [2.05, 4.69) is 19.9 Å². The molecule has 8 heteroatoms. The number of nitrogens with two attached hydrogens (primary N) is 2. The number of amides is 1. The van der Waals surface area contributed by atoms with Crippen LogP contribution in [0.4, 0.5) is 17.8 Å². The summed E-state index contributed by atoms with van der Waals surface area (Å²) in [6, 6.07) is -0.355. The predicted octanol–water partition coefficient (Wildman–Crippen LogP) is -0.102. The van der Waals surface area contributed by atoms with Crippen LogP contribution in [-0.4, -0.2) is 46.5 Å². The molecule has 0 bridgehead atoms. The van der Waals surface area contributed by atoms with E-state index in [0.717, 1.165) is 51.7 Å². The second-order valence-corrected chi connectivity index (χ2v) is 5.60. The van der Waals surface area contributed by atoms with Crippen LogP contribution >= 0.6 is 0 Å². The van der Waals surface area contributed by atoms with E-state index in [-0.39, 0.29) is 17.9 Å². The monoisotopic (exact) mass is 291 g/mol. The third-order valence-corrected chi connectivity index (χ3v) is 4.11. The fraction of sp³-hybridized carbons (Fsp3) is 0.692. The Morgan fingerprint density at radius 2 is 1.67 bits per heavy atom. The molecule has 0 aliphatic carbocycles. The van der Waals surface area contributed by atoms with Gasteiger partial charge in [0.1, 0.15) is 6.04 Å². The van der Waals surface area contributed by atoms with Crippen molar-refractivity contribution in [2.75, 3.05) is 35.2 Å². The number of hydrogen-bond donors (Lipinski definition) is 2. The van der Waals surface area contributed by atoms with Crippen LogP contribution in [0.2, 0.25) is 0 Å². The molecule has 2 aliphatic heterocycles. The third kappa shape index (κ3) is 2.84. The second-order valence-electron chi connectivity index (χ2n) is 5.60. The molecular weight excluding hydrogens is 270 g/mol. The van der Waals surface area contributed by atoms with Crippen molar-refractivity contribution in [2.24, 2.45) is 5.73 Å². The first-order valence-electron chi connectivity index (χ1n) is 7.47. The first-order chi connectivity index (χ1) is 10.1. The summed E-state index contributed by atoms with van der Waals surface area (Å²) in [7, 11) is 0. The first kappa shape index (κ1) is 13.8. The number of hydrogen-bond acceptors (Lipinski definition) is 7. The molecule has 0 aromatic carbocycles. The van der Waals surface area contributed by atoms with Crippen LogP contribution in [0.1, 0.15) is 32.1 Å². The molecule has 1 aromatic heterocycles. The second kappa shape index (κ2) is 5.71. The molecule has 3 heterocycles. The molecule has 8 nitrogen and oxygen atoms in total. The van der Waals surface area contributed by atoms with Crippen LogP contribution in [-0.2, 0) is 4.79 Å². The summed E-state index contributed by atoms with van der Waals surface area (Å²) in [4.78, 5) is 28.5. The first-order valence-corrected chi connectivity index (χ1v) is 7.47. The van der Waals surface area contributed by atoms with E-state index in [4.69, 9.17) is 11.5 Å². The molecule has 4 N–H and O–H groups in total. The Morgan fingerprint density at radius 1 is 1.00 bits per heavy atom. The van der Waals surface area contributed by atoms with Gasteiger partial charge in [-0.2, -0.15) is 15.0 Å². The fourth-order valence-corrected chi connectivity index (χ4v) is 3.02. The quantitative estimate of drug-likeness (QED) is 0.799. The minimum atomic E-state index is -0.355. The zero-order valence-corrected chi connectivity index (χ0v) is 12.0. The number of primary amides is 1. The Bertz CT molecular complexity index is 529. The zero-order valence-electron chi connectivity index (χ0n) is 12.0. The Kier molecular flexibility index (Phi) is 3.76. The van der Waals surface area contributed by atoms with Crippen molar-refractivity contribution in [3.05, 3.63) is 0 Å². The SMILES string of the molecule is NC(=O)C1CCCCN1c1nc(N)nc(N2CCCC2)n1. The molecular formula is C13H21N7O. The molecule has 21 heavy (non-hydrogen) atoms. The molecule has 1 amide bonds. The highest BCUT2D eigenvalue weighted by Crippen LogP contribution is 2.24. The predicted molar refractivity (Wildman–Crippen MR) is 79.9 cm³/mol. The van der Waals surface area contributed by atoms with E-state index in [1.807, 2.05) is 4.90 Å². The van der Waals surface area contributed by atoms with Crippen LogP contribution in [0.15, 0.2) is 0 Å². The average molecular weight is 291 g/mol. The van der Waals surface area contributed by atoms with Gasteiger partial charge in [-0.25, -0.2) is 0 Å². The summed E-state index contributed by atoms with van der Waals surface area (Å²) in [6.45, 7) is 2.58. The molecule has 1 aromatic rings. The highest BCUT2D eigenvalue weighted by atomic mass is 16.1. The lowest BCUT2D eigenvalue weighted by Gasteiger charge is -2.33. The van der Waals surface area contributed by atoms with Crippen LogP contribution in [0, 0.1) is 0 Å². The fourth-order valence-electron chi connectivity index (χ4n) is 3.02. The Balaban J connectivity index is 1.91. The Labute approximate surface area is 123 Å². The van der Waals surface area contributed by atoms with Crippen molar-refractivity contribution in [1.29, 1.82) is 0 Å². The summed E-state index contributed by atoms with van der Waals surface area (Å²) in [5, 5.41) is 0. The summed E-state index contributed by atoms with van der Waals surface area (Å²) >= 11 is 0. The van der Waals surface area contributed by atoms with Gasteiger partial charge in [-0.3, -0.25) is 4.79 Å². The molecule has 2 saturated heterocycles. The summed E-state index contributed by atoms with van der Waals surface area (Å²) < 4.78 is 0. The Hall–Kier alpha value is -2.12. The van der Waals surface area contributed by atoms with Gasteiger partial charge in [0.15, 0.2) is 0 Å². The number of aromatic nitrogens is 3. The van der Waals surface area contributed by atoms with Gasteiger partial charge in [-0.15, -0.1) is 0 Å². The molecule has 114 valence electrons. The largest absolute Gasteiger partial charge is 0.368 e. The summed E-state index contributed by atoms with van der Waals surface area (Å²) in [5.41, 5.74) is 11.3. The van der Waals surface area contributed by atoms with E-state index < -0.39 is 0 Å². The van der Waals surface area contributed by atoms with Gasteiger partial charge in [-0.1, -0.05) is 0 Å². The maximum Gasteiger partial charge on any atom is 0.240 e. The molecule has 0 spiro atoms. The van der Waals surface area contributed by atoms with E-state index in [1.54, 1.807) is 0 Å². The van der Waals surface area contributed by atoms with Gasteiger partial charge in [0.2, 0.25) is 23.8 Å². The topological polar surface area (TPSA) is 114 Å². The van der Waals surface area contributed by atoms with E-state index in [0.29, 0.717) is 11.9 Å². The Morgan fingerprint density at radius 3 is 2.38 bits per heavy atom. The van der Waals surface area contributed by atoms with Crippen molar-refractivity contribution < 1.29 is 4.79 Å². The van der Waals surface area contributed by atoms with Crippen LogP contribution in [0.25, 0.3) is 0 Å². The molecule has 2 aliphatic rings. The van der Waals surface area contributed by atoms with Gasteiger partial charge in [-0.05, 0) is 32.1 Å². The van der Waals surface area contributed by atoms with Gasteiger partial charge in [0.25, 0.3) is 0 Å². The molecule has 2 fully saturated rings. The maximum atomic E-state index is 11.6. The van der Waals surface area contributed by atoms with Gasteiger partial charge < -0.3 is 21.3 Å². The smallest absolute Gasteiger partial charge is 0.240 e. The number of nitrogens with zero attached hydrogens (tertiary/aromatic N) is 5.